The number of hydrogen-bond donors (Lipinski definition) is 2. The van der Waals surface area contributed by atoms with E-state index in [9.17, 15) is 9.90 Å². The van der Waals surface area contributed by atoms with E-state index in [-0.39, 0.29) is 18.7 Å². The fraction of sp³-hybridized carbons (Fsp3) is 0.933. The molecule has 4 nitrogen and oxygen atoms in total. The van der Waals surface area contributed by atoms with Gasteiger partial charge in [-0.05, 0) is 37.5 Å². The van der Waals surface area contributed by atoms with Crippen LogP contribution in [0.5, 0.6) is 0 Å². The van der Waals surface area contributed by atoms with Crippen molar-refractivity contribution in [2.24, 2.45) is 11.8 Å². The molecule has 1 saturated carbocycles. The van der Waals surface area contributed by atoms with E-state index in [0.717, 1.165) is 31.8 Å². The number of amides is 2. The normalized spacial score (nSPS) is 31.5. The minimum atomic E-state index is 0.0224. The van der Waals surface area contributed by atoms with Crippen molar-refractivity contribution in [2.45, 2.75) is 57.9 Å². The molecular weight excluding hydrogens is 240 g/mol. The van der Waals surface area contributed by atoms with E-state index < -0.39 is 0 Å². The zero-order chi connectivity index (χ0) is 13.7. The Morgan fingerprint density at radius 2 is 1.89 bits per heavy atom. The number of carbonyl (C=O) groups excluding carboxylic acids is 1. The molecule has 0 radical (unpaired) electrons. The van der Waals surface area contributed by atoms with E-state index in [1.807, 2.05) is 0 Å². The molecule has 0 bridgehead atoms. The number of likely N-dealkylation sites (tertiary alicyclic amines) is 1. The molecule has 1 atom stereocenters. The Morgan fingerprint density at radius 3 is 2.53 bits per heavy atom. The van der Waals surface area contributed by atoms with Crippen LogP contribution < -0.4 is 5.32 Å². The first-order valence-electron chi connectivity index (χ1n) is 7.90. The molecule has 110 valence electrons. The van der Waals surface area contributed by atoms with Crippen LogP contribution in [0.3, 0.4) is 0 Å². The molecule has 2 fully saturated rings. The van der Waals surface area contributed by atoms with Gasteiger partial charge in [-0.2, -0.15) is 0 Å². The highest BCUT2D eigenvalue weighted by atomic mass is 16.3. The van der Waals surface area contributed by atoms with Crippen LogP contribution in [0.4, 0.5) is 4.79 Å². The molecule has 0 spiro atoms. The van der Waals surface area contributed by atoms with Gasteiger partial charge < -0.3 is 15.3 Å². The Labute approximate surface area is 116 Å². The van der Waals surface area contributed by atoms with E-state index >= 15 is 0 Å². The van der Waals surface area contributed by atoms with Gasteiger partial charge in [0.1, 0.15) is 0 Å². The highest BCUT2D eigenvalue weighted by Crippen LogP contribution is 2.30. The predicted octanol–water partition coefficient (Wildman–Crippen LogP) is 2.37. The number of nitrogens with zero attached hydrogens (tertiary/aromatic N) is 1. The second kappa shape index (κ2) is 7.13. The second-order valence-electron chi connectivity index (χ2n) is 6.15. The van der Waals surface area contributed by atoms with Crippen LogP contribution in [0.15, 0.2) is 0 Å². The van der Waals surface area contributed by atoms with Crippen LogP contribution in [-0.4, -0.2) is 41.8 Å². The quantitative estimate of drug-likeness (QED) is 0.822. The predicted molar refractivity (Wildman–Crippen MR) is 76.0 cm³/mol. The van der Waals surface area contributed by atoms with Crippen molar-refractivity contribution >= 4 is 6.03 Å². The monoisotopic (exact) mass is 268 g/mol. The average molecular weight is 268 g/mol. The number of rotatable bonds is 4. The van der Waals surface area contributed by atoms with Gasteiger partial charge >= 0.3 is 6.03 Å². The topological polar surface area (TPSA) is 52.6 Å². The Hall–Kier alpha value is -0.770. The van der Waals surface area contributed by atoms with E-state index in [1.54, 1.807) is 4.90 Å². The molecule has 19 heavy (non-hydrogen) atoms. The fourth-order valence-corrected chi connectivity index (χ4v) is 3.47. The summed E-state index contributed by atoms with van der Waals surface area (Å²) in [5.41, 5.74) is 0. The Morgan fingerprint density at radius 1 is 1.21 bits per heavy atom. The maximum atomic E-state index is 12.1. The third-order valence-electron chi connectivity index (χ3n) is 4.93. The summed E-state index contributed by atoms with van der Waals surface area (Å²) in [5, 5.41) is 12.3. The molecule has 0 aromatic carbocycles. The molecule has 1 unspecified atom stereocenters. The zero-order valence-corrected chi connectivity index (χ0v) is 12.1. The van der Waals surface area contributed by atoms with Gasteiger partial charge in [0.15, 0.2) is 0 Å². The molecule has 1 aliphatic carbocycles. The van der Waals surface area contributed by atoms with Crippen LogP contribution in [0.1, 0.15) is 51.9 Å². The summed E-state index contributed by atoms with van der Waals surface area (Å²) in [6.45, 7) is 3.97. The molecule has 4 heteroatoms. The minimum absolute atomic E-state index is 0.0224. The molecule has 1 heterocycles. The van der Waals surface area contributed by atoms with Gasteiger partial charge in [0, 0.05) is 13.1 Å². The van der Waals surface area contributed by atoms with Crippen molar-refractivity contribution in [2.75, 3.05) is 19.7 Å². The van der Waals surface area contributed by atoms with Crippen molar-refractivity contribution < 1.29 is 9.90 Å². The maximum absolute atomic E-state index is 12.1. The lowest BCUT2D eigenvalue weighted by atomic mass is 9.81. The van der Waals surface area contributed by atoms with E-state index in [2.05, 4.69) is 12.2 Å². The summed E-state index contributed by atoms with van der Waals surface area (Å²) in [7, 11) is 0. The van der Waals surface area contributed by atoms with Crippen LogP contribution in [0, 0.1) is 11.8 Å². The lowest BCUT2D eigenvalue weighted by Gasteiger charge is -2.29. The Kier molecular flexibility index (Phi) is 5.49. The Balaban J connectivity index is 1.69. The van der Waals surface area contributed by atoms with Gasteiger partial charge in [0.25, 0.3) is 0 Å². The van der Waals surface area contributed by atoms with E-state index in [1.165, 1.54) is 32.1 Å². The molecule has 0 aromatic heterocycles. The third-order valence-corrected chi connectivity index (χ3v) is 4.93. The average Bonchev–Trinajstić information content (AvgIpc) is 2.93. The first-order valence-corrected chi connectivity index (χ1v) is 7.90. The van der Waals surface area contributed by atoms with Crippen LogP contribution >= 0.6 is 0 Å². The SMILES string of the molecule is CCC1CCC(CNC(=O)N2CCCC2CO)CC1. The van der Waals surface area contributed by atoms with Crippen molar-refractivity contribution in [3.8, 4) is 0 Å². The number of aliphatic hydroxyl groups excluding tert-OH is 1. The number of hydrogen-bond acceptors (Lipinski definition) is 2. The smallest absolute Gasteiger partial charge is 0.317 e. The summed E-state index contributed by atoms with van der Waals surface area (Å²) < 4.78 is 0. The number of aliphatic hydroxyl groups is 1. The van der Waals surface area contributed by atoms with Gasteiger partial charge in [-0.1, -0.05) is 26.2 Å². The highest BCUT2D eigenvalue weighted by molar-refractivity contribution is 5.74. The summed E-state index contributed by atoms with van der Waals surface area (Å²) >= 11 is 0. The lowest BCUT2D eigenvalue weighted by molar-refractivity contribution is 0.154. The van der Waals surface area contributed by atoms with Crippen molar-refractivity contribution in [3.05, 3.63) is 0 Å². The second-order valence-corrected chi connectivity index (χ2v) is 6.15. The minimum Gasteiger partial charge on any atom is -0.394 e. The Bertz CT molecular complexity index is 288. The van der Waals surface area contributed by atoms with E-state index in [4.69, 9.17) is 0 Å². The van der Waals surface area contributed by atoms with Crippen molar-refractivity contribution in [1.82, 2.24) is 10.2 Å². The molecule has 2 rings (SSSR count). The largest absolute Gasteiger partial charge is 0.394 e. The third kappa shape index (κ3) is 3.85. The van der Waals surface area contributed by atoms with Crippen LogP contribution in [0.2, 0.25) is 0 Å². The molecule has 1 aliphatic heterocycles. The molecule has 0 aromatic rings. The number of nitrogens with one attached hydrogen (secondary N) is 1. The molecule has 2 N–H and O–H groups in total. The summed E-state index contributed by atoms with van der Waals surface area (Å²) in [5.74, 6) is 1.56. The summed E-state index contributed by atoms with van der Waals surface area (Å²) in [4.78, 5) is 13.9. The van der Waals surface area contributed by atoms with Gasteiger partial charge in [-0.15, -0.1) is 0 Å². The van der Waals surface area contributed by atoms with Gasteiger partial charge in [0.05, 0.1) is 12.6 Å². The highest BCUT2D eigenvalue weighted by Gasteiger charge is 2.28. The molecule has 1 saturated heterocycles. The standard InChI is InChI=1S/C15H28N2O2/c1-2-12-5-7-13(8-6-12)10-16-15(19)17-9-3-4-14(17)11-18/h12-14,18H,2-11H2,1H3,(H,16,19). The maximum Gasteiger partial charge on any atom is 0.317 e. The van der Waals surface area contributed by atoms with Gasteiger partial charge in [-0.25, -0.2) is 4.79 Å². The van der Waals surface area contributed by atoms with E-state index in [0.29, 0.717) is 5.92 Å². The van der Waals surface area contributed by atoms with Gasteiger partial charge in [-0.3, -0.25) is 0 Å². The zero-order valence-electron chi connectivity index (χ0n) is 12.1. The number of urea groups is 1. The van der Waals surface area contributed by atoms with Crippen molar-refractivity contribution in [1.29, 1.82) is 0 Å². The molecule has 2 aliphatic rings. The van der Waals surface area contributed by atoms with Crippen LogP contribution in [-0.2, 0) is 0 Å². The molecular formula is C15H28N2O2. The van der Waals surface area contributed by atoms with Crippen LogP contribution in [0.25, 0.3) is 0 Å². The summed E-state index contributed by atoms with van der Waals surface area (Å²) in [6, 6.07) is 0.0602. The lowest BCUT2D eigenvalue weighted by Crippen LogP contribution is -2.45. The van der Waals surface area contributed by atoms with Crippen molar-refractivity contribution in [3.63, 3.8) is 0 Å². The molecule has 2 amide bonds. The first-order chi connectivity index (χ1) is 9.24. The summed E-state index contributed by atoms with van der Waals surface area (Å²) in [6.07, 6.45) is 8.39. The van der Waals surface area contributed by atoms with Gasteiger partial charge in [0.2, 0.25) is 0 Å². The first kappa shape index (κ1) is 14.6. The fourth-order valence-electron chi connectivity index (χ4n) is 3.47. The number of carbonyl (C=O) groups is 1.